The second-order valence-electron chi connectivity index (χ2n) is 5.58. The van der Waals surface area contributed by atoms with Crippen molar-refractivity contribution in [2.45, 2.75) is 39.2 Å². The zero-order chi connectivity index (χ0) is 16.8. The molecule has 122 valence electrons. The maximum atomic E-state index is 12.6. The standard InChI is InChI=1S/C17H25NO4/c1-5-17(6-2,15(20)21)12-18-14(19)16(3,22-4)13-10-8-7-9-11-13/h7-11H,5-6,12H2,1-4H3,(H,18,19)(H,20,21). The molecule has 0 fully saturated rings. The van der Waals surface area contributed by atoms with E-state index >= 15 is 0 Å². The molecule has 2 N–H and O–H groups in total. The van der Waals surface area contributed by atoms with Crippen LogP contribution < -0.4 is 5.32 Å². The number of carbonyl (C=O) groups excluding carboxylic acids is 1. The highest BCUT2D eigenvalue weighted by Gasteiger charge is 2.39. The van der Waals surface area contributed by atoms with Gasteiger partial charge in [-0.1, -0.05) is 44.2 Å². The molecular formula is C17H25NO4. The molecule has 1 aromatic carbocycles. The van der Waals surface area contributed by atoms with E-state index in [0.717, 1.165) is 5.56 Å². The molecule has 1 unspecified atom stereocenters. The molecule has 0 heterocycles. The van der Waals surface area contributed by atoms with E-state index in [0.29, 0.717) is 12.8 Å². The van der Waals surface area contributed by atoms with Gasteiger partial charge in [-0.2, -0.15) is 0 Å². The predicted molar refractivity (Wildman–Crippen MR) is 84.5 cm³/mol. The van der Waals surface area contributed by atoms with Crippen molar-refractivity contribution < 1.29 is 19.4 Å². The van der Waals surface area contributed by atoms with Crippen molar-refractivity contribution in [1.29, 1.82) is 0 Å². The van der Waals surface area contributed by atoms with Gasteiger partial charge in [-0.3, -0.25) is 9.59 Å². The Hall–Kier alpha value is -1.88. The van der Waals surface area contributed by atoms with Crippen LogP contribution in [0.3, 0.4) is 0 Å². The van der Waals surface area contributed by atoms with E-state index in [9.17, 15) is 14.7 Å². The number of hydrogen-bond acceptors (Lipinski definition) is 3. The van der Waals surface area contributed by atoms with Gasteiger partial charge < -0.3 is 15.2 Å². The monoisotopic (exact) mass is 307 g/mol. The van der Waals surface area contributed by atoms with Crippen LogP contribution in [-0.4, -0.2) is 30.6 Å². The summed E-state index contributed by atoms with van der Waals surface area (Å²) in [5.41, 5.74) is -1.36. The number of methoxy groups -OCH3 is 1. The van der Waals surface area contributed by atoms with Gasteiger partial charge in [-0.25, -0.2) is 0 Å². The number of carboxylic acids is 1. The normalized spacial score (nSPS) is 14.2. The van der Waals surface area contributed by atoms with E-state index in [1.165, 1.54) is 7.11 Å². The summed E-state index contributed by atoms with van der Waals surface area (Å²) in [6, 6.07) is 9.15. The third-order valence-corrected chi connectivity index (χ3v) is 4.56. The summed E-state index contributed by atoms with van der Waals surface area (Å²) in [5.74, 6) is -1.23. The number of ether oxygens (including phenoxy) is 1. The lowest BCUT2D eigenvalue weighted by Gasteiger charge is -2.31. The Morgan fingerprint density at radius 3 is 2.14 bits per heavy atom. The minimum Gasteiger partial charge on any atom is -0.481 e. The topological polar surface area (TPSA) is 75.6 Å². The molecule has 1 aromatic rings. The zero-order valence-corrected chi connectivity index (χ0v) is 13.7. The third kappa shape index (κ3) is 3.47. The van der Waals surface area contributed by atoms with Gasteiger partial charge in [0.2, 0.25) is 0 Å². The number of amides is 1. The van der Waals surface area contributed by atoms with Crippen LogP contribution in [-0.2, 0) is 19.9 Å². The van der Waals surface area contributed by atoms with Crippen molar-refractivity contribution in [3.8, 4) is 0 Å². The highest BCUT2D eigenvalue weighted by molar-refractivity contribution is 5.87. The van der Waals surface area contributed by atoms with Gasteiger partial charge in [0.15, 0.2) is 5.60 Å². The number of hydrogen-bond donors (Lipinski definition) is 2. The number of benzene rings is 1. The Labute approximate surface area is 131 Å². The minimum atomic E-state index is -1.15. The molecule has 0 aliphatic heterocycles. The second-order valence-corrected chi connectivity index (χ2v) is 5.58. The summed E-state index contributed by atoms with van der Waals surface area (Å²) >= 11 is 0. The summed E-state index contributed by atoms with van der Waals surface area (Å²) in [5, 5.41) is 12.2. The SMILES string of the molecule is CCC(CC)(CNC(=O)C(C)(OC)c1ccccc1)C(=O)O. The molecule has 1 atom stereocenters. The average Bonchev–Trinajstić information content (AvgIpc) is 2.55. The van der Waals surface area contributed by atoms with Gasteiger partial charge >= 0.3 is 5.97 Å². The van der Waals surface area contributed by atoms with E-state index in [-0.39, 0.29) is 12.5 Å². The Balaban J connectivity index is 2.93. The molecule has 0 spiro atoms. The third-order valence-electron chi connectivity index (χ3n) is 4.56. The lowest BCUT2D eigenvalue weighted by molar-refractivity contribution is -0.151. The predicted octanol–water partition coefficient (Wildman–Crippen LogP) is 2.56. The lowest BCUT2D eigenvalue weighted by atomic mass is 9.82. The van der Waals surface area contributed by atoms with Crippen LogP contribution in [0.2, 0.25) is 0 Å². The molecule has 0 radical (unpaired) electrons. The average molecular weight is 307 g/mol. The molecule has 0 aromatic heterocycles. The quantitative estimate of drug-likeness (QED) is 0.774. The molecule has 0 aliphatic rings. The Morgan fingerprint density at radius 2 is 1.73 bits per heavy atom. The molecule has 22 heavy (non-hydrogen) atoms. The van der Waals surface area contributed by atoms with Gasteiger partial charge in [0.05, 0.1) is 5.41 Å². The summed E-state index contributed by atoms with van der Waals surface area (Å²) < 4.78 is 5.42. The largest absolute Gasteiger partial charge is 0.481 e. The van der Waals surface area contributed by atoms with Crippen LogP contribution in [0.1, 0.15) is 39.2 Å². The van der Waals surface area contributed by atoms with Gasteiger partial charge in [-0.15, -0.1) is 0 Å². The fourth-order valence-electron chi connectivity index (χ4n) is 2.39. The molecule has 1 amide bonds. The van der Waals surface area contributed by atoms with Gasteiger partial charge in [0, 0.05) is 13.7 Å². The highest BCUT2D eigenvalue weighted by Crippen LogP contribution is 2.28. The van der Waals surface area contributed by atoms with E-state index in [4.69, 9.17) is 4.74 Å². The van der Waals surface area contributed by atoms with Crippen LogP contribution >= 0.6 is 0 Å². The highest BCUT2D eigenvalue weighted by atomic mass is 16.5. The number of nitrogens with one attached hydrogen (secondary N) is 1. The number of carbonyl (C=O) groups is 2. The van der Waals surface area contributed by atoms with Crippen molar-refractivity contribution in [3.63, 3.8) is 0 Å². The fourth-order valence-corrected chi connectivity index (χ4v) is 2.39. The first-order valence-electron chi connectivity index (χ1n) is 7.48. The Bertz CT molecular complexity index is 511. The summed E-state index contributed by atoms with van der Waals surface area (Å²) in [7, 11) is 1.47. The van der Waals surface area contributed by atoms with Crippen LogP contribution in [0.4, 0.5) is 0 Å². The van der Waals surface area contributed by atoms with Crippen LogP contribution in [0, 0.1) is 5.41 Å². The Morgan fingerprint density at radius 1 is 1.18 bits per heavy atom. The van der Waals surface area contributed by atoms with Crippen molar-refractivity contribution in [1.82, 2.24) is 5.32 Å². The summed E-state index contributed by atoms with van der Waals surface area (Å²) in [6.45, 7) is 5.39. The van der Waals surface area contributed by atoms with Crippen molar-refractivity contribution in [2.75, 3.05) is 13.7 Å². The molecular weight excluding hydrogens is 282 g/mol. The maximum Gasteiger partial charge on any atom is 0.311 e. The van der Waals surface area contributed by atoms with E-state index < -0.39 is 17.0 Å². The van der Waals surface area contributed by atoms with Crippen LogP contribution in [0.25, 0.3) is 0 Å². The van der Waals surface area contributed by atoms with Crippen molar-refractivity contribution >= 4 is 11.9 Å². The lowest BCUT2D eigenvalue weighted by Crippen LogP contribution is -2.49. The van der Waals surface area contributed by atoms with Gasteiger partial charge in [0.1, 0.15) is 0 Å². The van der Waals surface area contributed by atoms with Gasteiger partial charge in [-0.05, 0) is 25.3 Å². The van der Waals surface area contributed by atoms with Crippen LogP contribution in [0.5, 0.6) is 0 Å². The second kappa shape index (κ2) is 7.40. The molecule has 5 heteroatoms. The molecule has 0 aliphatic carbocycles. The molecule has 0 bridgehead atoms. The van der Waals surface area contributed by atoms with E-state index in [1.54, 1.807) is 6.92 Å². The molecule has 0 saturated carbocycles. The first-order valence-corrected chi connectivity index (χ1v) is 7.48. The smallest absolute Gasteiger partial charge is 0.311 e. The molecule has 1 rings (SSSR count). The first kappa shape index (κ1) is 18.2. The zero-order valence-electron chi connectivity index (χ0n) is 13.7. The molecule has 0 saturated heterocycles. The van der Waals surface area contributed by atoms with Crippen LogP contribution in [0.15, 0.2) is 30.3 Å². The van der Waals surface area contributed by atoms with Gasteiger partial charge in [0.25, 0.3) is 5.91 Å². The summed E-state index contributed by atoms with van der Waals surface area (Å²) in [4.78, 5) is 24.1. The maximum absolute atomic E-state index is 12.6. The number of aliphatic carboxylic acids is 1. The van der Waals surface area contributed by atoms with Crippen molar-refractivity contribution in [3.05, 3.63) is 35.9 Å². The fraction of sp³-hybridized carbons (Fsp3) is 0.529. The minimum absolute atomic E-state index is 0.0833. The number of carboxylic acid groups (broad SMARTS) is 1. The van der Waals surface area contributed by atoms with E-state index in [1.807, 2.05) is 44.2 Å². The molecule has 5 nitrogen and oxygen atoms in total. The first-order chi connectivity index (χ1) is 10.4. The van der Waals surface area contributed by atoms with E-state index in [2.05, 4.69) is 5.32 Å². The Kier molecular flexibility index (Phi) is 6.11. The number of rotatable bonds is 8. The summed E-state index contributed by atoms with van der Waals surface area (Å²) in [6.07, 6.45) is 0.905. The van der Waals surface area contributed by atoms with Crippen molar-refractivity contribution in [2.24, 2.45) is 5.41 Å².